The van der Waals surface area contributed by atoms with Crippen LogP contribution in [0.25, 0.3) is 0 Å². The summed E-state index contributed by atoms with van der Waals surface area (Å²) in [6.07, 6.45) is 3.52. The van der Waals surface area contributed by atoms with Crippen LogP contribution in [0.1, 0.15) is 28.0 Å². The lowest BCUT2D eigenvalue weighted by atomic mass is 9.78. The Balaban J connectivity index is 1.69. The molecule has 4 rings (SSSR count). The summed E-state index contributed by atoms with van der Waals surface area (Å²) < 4.78 is 5.16. The van der Waals surface area contributed by atoms with Gasteiger partial charge in [-0.05, 0) is 36.0 Å². The van der Waals surface area contributed by atoms with Crippen molar-refractivity contribution in [3.05, 3.63) is 41.2 Å². The molecule has 1 aromatic heterocycles. The number of anilines is 1. The fourth-order valence-corrected chi connectivity index (χ4v) is 2.97. The van der Waals surface area contributed by atoms with Gasteiger partial charge < -0.3 is 14.6 Å². The molecule has 2 aliphatic heterocycles. The Hall–Kier alpha value is -2.12. The van der Waals surface area contributed by atoms with E-state index >= 15 is 0 Å². The summed E-state index contributed by atoms with van der Waals surface area (Å²) in [6.45, 7) is 1.07. The Morgan fingerprint density at radius 2 is 2.38 bits per heavy atom. The molecule has 0 spiro atoms. The number of hydrogen-bond acceptors (Lipinski definition) is 4. The van der Waals surface area contributed by atoms with Crippen molar-refractivity contribution in [2.75, 3.05) is 11.4 Å². The van der Waals surface area contributed by atoms with Crippen LogP contribution in [0.5, 0.6) is 0 Å². The van der Waals surface area contributed by atoms with Crippen molar-refractivity contribution in [3.63, 3.8) is 0 Å². The first-order chi connectivity index (χ1) is 10.2. The number of nitrogens with one attached hydrogen (secondary N) is 1. The SMILES string of the molecule is O=C(c1ccc2c(c1)B(O)OC2)N1CCCc2[nH]ncc21. The quantitative estimate of drug-likeness (QED) is 0.734. The number of nitrogens with zero attached hydrogens (tertiary/aromatic N) is 2. The predicted molar refractivity (Wildman–Crippen MR) is 77.4 cm³/mol. The summed E-state index contributed by atoms with van der Waals surface area (Å²) in [4.78, 5) is 14.5. The fraction of sp³-hybridized carbons (Fsp3) is 0.286. The van der Waals surface area contributed by atoms with Crippen molar-refractivity contribution in [2.45, 2.75) is 19.4 Å². The molecule has 7 heteroatoms. The van der Waals surface area contributed by atoms with Crippen LogP contribution >= 0.6 is 0 Å². The molecule has 21 heavy (non-hydrogen) atoms. The number of amides is 1. The fourth-order valence-electron chi connectivity index (χ4n) is 2.97. The van der Waals surface area contributed by atoms with Gasteiger partial charge in [0.05, 0.1) is 24.2 Å². The standard InChI is InChI=1S/C14H14BN3O3/c19-14(18-5-1-2-12-13(18)7-16-17-12)9-3-4-10-8-21-15(20)11(10)6-9/h3-4,6-7,20H,1-2,5,8H2,(H,16,17). The van der Waals surface area contributed by atoms with E-state index in [4.69, 9.17) is 4.65 Å². The van der Waals surface area contributed by atoms with E-state index in [1.165, 1.54) is 0 Å². The zero-order valence-corrected chi connectivity index (χ0v) is 11.4. The maximum atomic E-state index is 12.7. The number of aryl methyl sites for hydroxylation is 1. The highest BCUT2D eigenvalue weighted by Gasteiger charge is 2.30. The van der Waals surface area contributed by atoms with Crippen LogP contribution in [0, 0.1) is 0 Å². The van der Waals surface area contributed by atoms with Crippen molar-refractivity contribution in [1.29, 1.82) is 0 Å². The van der Waals surface area contributed by atoms with Crippen LogP contribution in [0.4, 0.5) is 5.69 Å². The summed E-state index contributed by atoms with van der Waals surface area (Å²) in [5, 5.41) is 16.7. The van der Waals surface area contributed by atoms with Gasteiger partial charge in [0.1, 0.15) is 0 Å². The Morgan fingerprint density at radius 1 is 1.48 bits per heavy atom. The molecule has 6 nitrogen and oxygen atoms in total. The molecular formula is C14H14BN3O3. The van der Waals surface area contributed by atoms with Gasteiger partial charge in [0.15, 0.2) is 0 Å². The summed E-state index contributed by atoms with van der Waals surface area (Å²) in [5.74, 6) is -0.0701. The summed E-state index contributed by atoms with van der Waals surface area (Å²) in [7, 11) is -0.932. The van der Waals surface area contributed by atoms with E-state index in [0.29, 0.717) is 24.2 Å². The molecule has 0 saturated heterocycles. The number of hydrogen-bond donors (Lipinski definition) is 2. The van der Waals surface area contributed by atoms with E-state index in [9.17, 15) is 9.82 Å². The average molecular weight is 283 g/mol. The second-order valence-corrected chi connectivity index (χ2v) is 5.37. The van der Waals surface area contributed by atoms with E-state index in [-0.39, 0.29) is 5.91 Å². The Labute approximate surface area is 121 Å². The summed E-state index contributed by atoms with van der Waals surface area (Å²) in [6, 6.07) is 5.36. The van der Waals surface area contributed by atoms with Gasteiger partial charge in [0.2, 0.25) is 0 Å². The largest absolute Gasteiger partial charge is 0.491 e. The van der Waals surface area contributed by atoms with Crippen LogP contribution in [0.15, 0.2) is 24.4 Å². The first-order valence-electron chi connectivity index (χ1n) is 7.00. The topological polar surface area (TPSA) is 78.5 Å². The molecule has 2 N–H and O–H groups in total. The predicted octanol–water partition coefficient (Wildman–Crippen LogP) is 0.220. The van der Waals surface area contributed by atoms with Crippen molar-refractivity contribution in [3.8, 4) is 0 Å². The Kier molecular flexibility index (Phi) is 2.83. The van der Waals surface area contributed by atoms with Gasteiger partial charge >= 0.3 is 7.12 Å². The first kappa shape index (κ1) is 12.6. The third-order valence-corrected chi connectivity index (χ3v) is 4.10. The van der Waals surface area contributed by atoms with Gasteiger partial charge in [-0.15, -0.1) is 0 Å². The van der Waals surface area contributed by atoms with Gasteiger partial charge in [-0.25, -0.2) is 0 Å². The number of H-pyrrole nitrogens is 1. The molecule has 2 aliphatic rings. The average Bonchev–Trinajstić information content (AvgIpc) is 3.13. The molecule has 1 aromatic carbocycles. The van der Waals surface area contributed by atoms with Crippen LogP contribution in [-0.2, 0) is 17.7 Å². The first-order valence-corrected chi connectivity index (χ1v) is 7.00. The normalized spacial score (nSPS) is 16.8. The number of aromatic amines is 1. The van der Waals surface area contributed by atoms with Crippen LogP contribution in [-0.4, -0.2) is 34.8 Å². The van der Waals surface area contributed by atoms with Gasteiger partial charge in [0.25, 0.3) is 5.91 Å². The van der Waals surface area contributed by atoms with E-state index in [2.05, 4.69) is 10.2 Å². The molecule has 0 fully saturated rings. The van der Waals surface area contributed by atoms with Gasteiger partial charge in [-0.1, -0.05) is 6.07 Å². The highest BCUT2D eigenvalue weighted by Crippen LogP contribution is 2.26. The van der Waals surface area contributed by atoms with Crippen molar-refractivity contribution in [1.82, 2.24) is 10.2 Å². The summed E-state index contributed by atoms with van der Waals surface area (Å²) >= 11 is 0. The minimum Gasteiger partial charge on any atom is -0.423 e. The van der Waals surface area contributed by atoms with Crippen molar-refractivity contribution in [2.24, 2.45) is 0 Å². The minimum atomic E-state index is -0.932. The Morgan fingerprint density at radius 3 is 3.29 bits per heavy atom. The molecule has 0 radical (unpaired) electrons. The molecule has 0 bridgehead atoms. The number of carbonyl (C=O) groups excluding carboxylic acids is 1. The smallest absolute Gasteiger partial charge is 0.423 e. The van der Waals surface area contributed by atoms with Crippen molar-refractivity contribution < 1.29 is 14.5 Å². The second kappa shape index (κ2) is 4.72. The lowest BCUT2D eigenvalue weighted by Gasteiger charge is -2.26. The maximum absolute atomic E-state index is 12.7. The molecule has 106 valence electrons. The minimum absolute atomic E-state index is 0.0701. The highest BCUT2D eigenvalue weighted by atomic mass is 16.5. The highest BCUT2D eigenvalue weighted by molar-refractivity contribution is 6.61. The molecule has 0 atom stereocenters. The van der Waals surface area contributed by atoms with Crippen LogP contribution < -0.4 is 10.4 Å². The number of fused-ring (bicyclic) bond motifs is 2. The number of benzene rings is 1. The lowest BCUT2D eigenvalue weighted by molar-refractivity contribution is 0.0985. The molecule has 1 amide bonds. The molecule has 0 saturated carbocycles. The maximum Gasteiger partial charge on any atom is 0.491 e. The van der Waals surface area contributed by atoms with E-state index in [1.807, 2.05) is 6.07 Å². The third kappa shape index (κ3) is 1.97. The molecule has 3 heterocycles. The zero-order chi connectivity index (χ0) is 14.4. The van der Waals surface area contributed by atoms with Gasteiger partial charge in [-0.3, -0.25) is 9.89 Å². The van der Waals surface area contributed by atoms with E-state index < -0.39 is 7.12 Å². The lowest BCUT2D eigenvalue weighted by Crippen LogP contribution is -2.36. The molecule has 0 aliphatic carbocycles. The number of carbonyl (C=O) groups is 1. The number of aromatic nitrogens is 2. The van der Waals surface area contributed by atoms with Crippen LogP contribution in [0.3, 0.4) is 0 Å². The third-order valence-electron chi connectivity index (χ3n) is 4.10. The van der Waals surface area contributed by atoms with Gasteiger partial charge in [0, 0.05) is 12.1 Å². The molecule has 0 unspecified atom stereocenters. The zero-order valence-electron chi connectivity index (χ0n) is 11.4. The molecule has 2 aromatic rings. The van der Waals surface area contributed by atoms with Crippen LogP contribution in [0.2, 0.25) is 0 Å². The van der Waals surface area contributed by atoms with Crippen molar-refractivity contribution >= 4 is 24.2 Å². The Bertz CT molecular complexity index is 715. The van der Waals surface area contributed by atoms with E-state index in [1.54, 1.807) is 23.2 Å². The monoisotopic (exact) mass is 283 g/mol. The second-order valence-electron chi connectivity index (χ2n) is 5.37. The van der Waals surface area contributed by atoms with E-state index in [0.717, 1.165) is 29.8 Å². The summed E-state index contributed by atoms with van der Waals surface area (Å²) in [5.41, 5.74) is 4.03. The van der Waals surface area contributed by atoms with Gasteiger partial charge in [-0.2, -0.15) is 5.10 Å². The molecular weight excluding hydrogens is 269 g/mol. The number of rotatable bonds is 1.